The summed E-state index contributed by atoms with van der Waals surface area (Å²) in [4.78, 5) is 55.4. The molecular formula is C80H120O12. The number of aliphatic carboxylic acids is 1. The lowest BCUT2D eigenvalue weighted by Crippen LogP contribution is -2.68. The molecule has 0 bridgehead atoms. The van der Waals surface area contributed by atoms with Gasteiger partial charge >= 0.3 is 23.9 Å². The quantitative estimate of drug-likeness (QED) is 0.0327. The lowest BCUT2D eigenvalue weighted by molar-refractivity contribution is -0.276. The lowest BCUT2D eigenvalue weighted by Gasteiger charge is -2.61. The standard InChI is InChI=1S/C80H120O12/c1-7-8-9-10-11-12-13-14-15-16-17-18-19-20-21-22-32-42-70(83)90-76-74(88-55-61-38-28-24-29-39-61)73(87-54-60-36-26-23-27-37-60)75(89-56-62-40-30-25-31-41-62)77(91-71(84)48-47-69(81)82)78(76)92-72(85)57-86-64-49-51-79(5)63(53-64)43-44-65-67-46-45-66(59(4)35-33-34-58(2)3)80(67,6)52-50-68(65)79/h23-31,36-41,58-59,63-68,73-78H,7-22,32-35,42-57H2,1-6H3,(H,81,82)/t59?,63?,64-,65?,66+,67?,68?,73+,74?,75-,76+,77+,78+,79-,80+/m0/s1. The summed E-state index contributed by atoms with van der Waals surface area (Å²) in [5.41, 5.74) is 3.16. The second kappa shape index (κ2) is 38.2. The molecule has 0 saturated heterocycles. The maximum absolute atomic E-state index is 14.9. The fraction of sp³-hybridized carbons (Fsp3) is 0.725. The molecule has 0 spiro atoms. The van der Waals surface area contributed by atoms with Crippen molar-refractivity contribution in [2.75, 3.05) is 6.61 Å². The Morgan fingerprint density at radius 3 is 1.40 bits per heavy atom. The number of benzene rings is 3. The molecule has 0 heterocycles. The molecule has 12 nitrogen and oxygen atoms in total. The van der Waals surface area contributed by atoms with Gasteiger partial charge in [0.05, 0.1) is 38.8 Å². The molecule has 6 unspecified atom stereocenters. The van der Waals surface area contributed by atoms with Crippen molar-refractivity contribution in [3.8, 4) is 0 Å². The van der Waals surface area contributed by atoms with Crippen molar-refractivity contribution in [1.82, 2.24) is 0 Å². The summed E-state index contributed by atoms with van der Waals surface area (Å²) >= 11 is 0. The van der Waals surface area contributed by atoms with Crippen LogP contribution in [0.1, 0.15) is 264 Å². The lowest BCUT2D eigenvalue weighted by atomic mass is 9.44. The van der Waals surface area contributed by atoms with Crippen molar-refractivity contribution in [3.05, 3.63) is 108 Å². The van der Waals surface area contributed by atoms with Crippen LogP contribution in [0.2, 0.25) is 0 Å². The maximum Gasteiger partial charge on any atom is 0.332 e. The first-order chi connectivity index (χ1) is 44.7. The van der Waals surface area contributed by atoms with Gasteiger partial charge in [-0.1, -0.05) is 255 Å². The molecule has 0 radical (unpaired) electrons. The Hall–Kier alpha value is -4.62. The molecule has 12 heteroatoms. The summed E-state index contributed by atoms with van der Waals surface area (Å²) in [5.74, 6) is 1.88. The van der Waals surface area contributed by atoms with Crippen LogP contribution in [0.3, 0.4) is 0 Å². The summed E-state index contributed by atoms with van der Waals surface area (Å²) in [6.07, 6.45) is 26.6. The molecule has 1 N–H and O–H groups in total. The minimum Gasteiger partial charge on any atom is -0.481 e. The van der Waals surface area contributed by atoms with Crippen LogP contribution in [0.5, 0.6) is 0 Å². The van der Waals surface area contributed by atoms with E-state index in [9.17, 15) is 24.3 Å². The summed E-state index contributed by atoms with van der Waals surface area (Å²) in [6, 6.07) is 28.9. The Balaban J connectivity index is 0.979. The summed E-state index contributed by atoms with van der Waals surface area (Å²) in [7, 11) is 0. The van der Waals surface area contributed by atoms with Crippen molar-refractivity contribution < 1.29 is 57.4 Å². The van der Waals surface area contributed by atoms with E-state index >= 15 is 0 Å². The van der Waals surface area contributed by atoms with E-state index in [1.807, 2.05) is 91.0 Å². The molecule has 5 aliphatic carbocycles. The Morgan fingerprint density at radius 1 is 0.457 bits per heavy atom. The first-order valence-corrected chi connectivity index (χ1v) is 37.0. The molecule has 5 fully saturated rings. The average Bonchev–Trinajstić information content (AvgIpc) is 1.38. The van der Waals surface area contributed by atoms with Crippen molar-refractivity contribution in [2.45, 2.75) is 310 Å². The summed E-state index contributed by atoms with van der Waals surface area (Å²) in [6.45, 7) is 14.6. The summed E-state index contributed by atoms with van der Waals surface area (Å²) in [5, 5.41) is 9.75. The Kier molecular flexibility index (Phi) is 30.4. The number of hydrogen-bond donors (Lipinski definition) is 1. The molecule has 92 heavy (non-hydrogen) atoms. The Bertz CT molecular complexity index is 2600. The zero-order valence-corrected chi connectivity index (χ0v) is 57.6. The van der Waals surface area contributed by atoms with E-state index in [0.717, 1.165) is 84.8 Å². The molecule has 8 rings (SSSR count). The van der Waals surface area contributed by atoms with Gasteiger partial charge in [-0.05, 0) is 133 Å². The van der Waals surface area contributed by atoms with E-state index in [4.69, 9.17) is 33.2 Å². The number of carboxylic acid groups (broad SMARTS) is 1. The average molecular weight is 1270 g/mol. The molecule has 512 valence electrons. The van der Waals surface area contributed by atoms with Gasteiger partial charge in [0.2, 0.25) is 0 Å². The monoisotopic (exact) mass is 1270 g/mol. The molecule has 0 aromatic heterocycles. The zero-order valence-electron chi connectivity index (χ0n) is 57.6. The van der Waals surface area contributed by atoms with Crippen molar-refractivity contribution in [1.29, 1.82) is 0 Å². The minimum absolute atomic E-state index is 0.0421. The van der Waals surface area contributed by atoms with Gasteiger partial charge in [0.25, 0.3) is 0 Å². The van der Waals surface area contributed by atoms with Gasteiger partial charge in [-0.3, -0.25) is 14.4 Å². The fourth-order valence-corrected chi connectivity index (χ4v) is 17.8. The SMILES string of the molecule is CCCCCCCCCCCCCCCCCCCC(=O)O[C@@H]1C(OCc2ccccc2)[C@@H](OCc2ccccc2)[C@H](OCc2ccccc2)[C@@H](OC(=O)CCC(=O)O)[C@@H]1OC(=O)CO[C@H]1CC[C@@]2(C)C(CCC3C2CC[C@@]2(C)C3CC[C@@H]2C(C)CCCC(C)C)C1. The zero-order chi connectivity index (χ0) is 65.1. The molecule has 3 aromatic rings. The predicted octanol–water partition coefficient (Wildman–Crippen LogP) is 18.9. The van der Waals surface area contributed by atoms with Crippen molar-refractivity contribution in [2.24, 2.45) is 52.3 Å². The minimum atomic E-state index is -1.47. The van der Waals surface area contributed by atoms with Crippen molar-refractivity contribution in [3.63, 3.8) is 0 Å². The summed E-state index contributed by atoms with van der Waals surface area (Å²) < 4.78 is 47.0. The fourth-order valence-electron chi connectivity index (χ4n) is 17.8. The van der Waals surface area contributed by atoms with Crippen LogP contribution in [-0.4, -0.2) is 78.3 Å². The highest BCUT2D eigenvalue weighted by Crippen LogP contribution is 2.68. The highest BCUT2D eigenvalue weighted by atomic mass is 16.7. The smallest absolute Gasteiger partial charge is 0.332 e. The van der Waals surface area contributed by atoms with Gasteiger partial charge in [0.1, 0.15) is 24.9 Å². The Morgan fingerprint density at radius 2 is 0.902 bits per heavy atom. The molecule has 5 saturated carbocycles. The van der Waals surface area contributed by atoms with E-state index in [-0.39, 0.29) is 44.4 Å². The van der Waals surface area contributed by atoms with Crippen LogP contribution < -0.4 is 0 Å². The number of esters is 3. The van der Waals surface area contributed by atoms with Crippen LogP contribution in [0.25, 0.3) is 0 Å². The largest absolute Gasteiger partial charge is 0.481 e. The van der Waals surface area contributed by atoms with Gasteiger partial charge in [-0.2, -0.15) is 0 Å². The van der Waals surface area contributed by atoms with Gasteiger partial charge in [-0.15, -0.1) is 0 Å². The number of carboxylic acids is 1. The van der Waals surface area contributed by atoms with E-state index in [1.54, 1.807) is 0 Å². The molecule has 0 aliphatic heterocycles. The van der Waals surface area contributed by atoms with Crippen LogP contribution >= 0.6 is 0 Å². The normalized spacial score (nSPS) is 28.8. The van der Waals surface area contributed by atoms with Crippen molar-refractivity contribution >= 4 is 23.9 Å². The second-order valence-electron chi connectivity index (χ2n) is 29.8. The first-order valence-electron chi connectivity index (χ1n) is 37.0. The number of rotatable bonds is 41. The van der Waals surface area contributed by atoms with Crippen LogP contribution in [0, 0.1) is 52.3 Å². The van der Waals surface area contributed by atoms with Crippen LogP contribution in [0.15, 0.2) is 91.0 Å². The highest BCUT2D eigenvalue weighted by molar-refractivity contribution is 5.77. The Labute approximate surface area is 554 Å². The predicted molar refractivity (Wildman–Crippen MR) is 363 cm³/mol. The molecule has 15 atom stereocenters. The van der Waals surface area contributed by atoms with Crippen LogP contribution in [-0.2, 0) is 72.2 Å². The van der Waals surface area contributed by atoms with Gasteiger partial charge in [0, 0.05) is 6.42 Å². The third-order valence-electron chi connectivity index (χ3n) is 22.9. The number of ether oxygens (including phenoxy) is 7. The topological polar surface area (TPSA) is 153 Å². The van der Waals surface area contributed by atoms with Gasteiger partial charge in [0.15, 0.2) is 18.3 Å². The number of carbonyl (C=O) groups excluding carboxylic acids is 3. The van der Waals surface area contributed by atoms with E-state index < -0.39 is 73.3 Å². The molecule has 5 aliphatic rings. The third kappa shape index (κ3) is 21.7. The number of carbonyl (C=O) groups is 4. The van der Waals surface area contributed by atoms with E-state index in [1.165, 1.54) is 141 Å². The number of hydrogen-bond acceptors (Lipinski definition) is 11. The van der Waals surface area contributed by atoms with Crippen LogP contribution in [0.4, 0.5) is 0 Å². The van der Waals surface area contributed by atoms with E-state index in [0.29, 0.717) is 23.7 Å². The first kappa shape index (κ1) is 73.2. The molecule has 0 amide bonds. The molecular weight excluding hydrogens is 1150 g/mol. The third-order valence-corrected chi connectivity index (χ3v) is 22.9. The second-order valence-corrected chi connectivity index (χ2v) is 29.8. The highest BCUT2D eigenvalue weighted by Gasteiger charge is 2.62. The number of unbranched alkanes of at least 4 members (excludes halogenated alkanes) is 16. The number of fused-ring (bicyclic) bond motifs is 5. The van der Waals surface area contributed by atoms with Gasteiger partial charge in [-0.25, -0.2) is 4.79 Å². The maximum atomic E-state index is 14.9. The van der Waals surface area contributed by atoms with Gasteiger partial charge < -0.3 is 38.3 Å². The van der Waals surface area contributed by atoms with E-state index in [2.05, 4.69) is 41.5 Å². The molecule has 3 aromatic carbocycles.